The molecule has 21 heavy (non-hydrogen) atoms. The Morgan fingerprint density at radius 1 is 1.24 bits per heavy atom. The monoisotopic (exact) mass is 306 g/mol. The predicted octanol–water partition coefficient (Wildman–Crippen LogP) is 3.64. The Morgan fingerprint density at radius 2 is 2.00 bits per heavy atom. The van der Waals surface area contributed by atoms with E-state index in [9.17, 15) is 9.18 Å². The number of likely N-dealkylation sites (tertiary alicyclic amines) is 1. The Bertz CT molecular complexity index is 662. The quantitative estimate of drug-likeness (QED) is 0.923. The molecule has 1 aromatic heterocycles. The molecule has 1 aliphatic rings. The molecular formula is C16H16ClFN2O. The fourth-order valence-electron chi connectivity index (χ4n) is 2.63. The number of nitrogens with one attached hydrogen (secondary N) is 1. The Morgan fingerprint density at radius 3 is 2.71 bits per heavy atom. The molecule has 0 saturated carbocycles. The number of halogens is 2. The van der Waals surface area contributed by atoms with Crippen molar-refractivity contribution in [2.75, 3.05) is 13.1 Å². The van der Waals surface area contributed by atoms with Crippen LogP contribution in [0, 0.1) is 5.82 Å². The molecule has 3 nitrogen and oxygen atoms in total. The first-order valence-electron chi connectivity index (χ1n) is 7.04. The van der Waals surface area contributed by atoms with Crippen LogP contribution in [-0.4, -0.2) is 28.9 Å². The van der Waals surface area contributed by atoms with Gasteiger partial charge in [0.05, 0.1) is 11.4 Å². The third-order valence-electron chi connectivity index (χ3n) is 3.80. The molecule has 0 radical (unpaired) electrons. The molecule has 3 rings (SSSR count). The van der Waals surface area contributed by atoms with Crippen molar-refractivity contribution in [1.29, 1.82) is 0 Å². The fraction of sp³-hybridized carbons (Fsp3) is 0.312. The second kappa shape index (κ2) is 5.90. The van der Waals surface area contributed by atoms with Crippen molar-refractivity contribution >= 4 is 17.5 Å². The Labute approximate surface area is 127 Å². The standard InChI is InChI=1S/C16H16ClFN2O/c17-14-4-3-11(8-15(14)18)12-7-13(19-10-12)9-16(21)20-5-1-2-6-20/h3-4,7-8,10,19H,1-2,5-6,9H2. The summed E-state index contributed by atoms with van der Waals surface area (Å²) in [6.07, 6.45) is 4.32. The summed E-state index contributed by atoms with van der Waals surface area (Å²) in [5.41, 5.74) is 2.44. The summed E-state index contributed by atoms with van der Waals surface area (Å²) in [7, 11) is 0. The molecule has 110 valence electrons. The number of rotatable bonds is 3. The van der Waals surface area contributed by atoms with Gasteiger partial charge >= 0.3 is 0 Å². The van der Waals surface area contributed by atoms with Crippen LogP contribution in [0.1, 0.15) is 18.5 Å². The van der Waals surface area contributed by atoms with Gasteiger partial charge in [-0.05, 0) is 42.2 Å². The normalized spacial score (nSPS) is 14.7. The highest BCUT2D eigenvalue weighted by Gasteiger charge is 2.18. The Hall–Kier alpha value is -1.81. The van der Waals surface area contributed by atoms with Crippen LogP contribution >= 0.6 is 11.6 Å². The maximum atomic E-state index is 13.5. The lowest BCUT2D eigenvalue weighted by Crippen LogP contribution is -2.29. The molecular weight excluding hydrogens is 291 g/mol. The van der Waals surface area contributed by atoms with E-state index in [0.717, 1.165) is 42.8 Å². The van der Waals surface area contributed by atoms with Crippen molar-refractivity contribution in [3.05, 3.63) is 47.0 Å². The van der Waals surface area contributed by atoms with Gasteiger partial charge in [0.1, 0.15) is 5.82 Å². The summed E-state index contributed by atoms with van der Waals surface area (Å²) in [6.45, 7) is 1.71. The largest absolute Gasteiger partial charge is 0.364 e. The summed E-state index contributed by atoms with van der Waals surface area (Å²) < 4.78 is 13.5. The number of hydrogen-bond donors (Lipinski definition) is 1. The number of amides is 1. The van der Waals surface area contributed by atoms with Gasteiger partial charge in [0.2, 0.25) is 5.91 Å². The number of benzene rings is 1. The highest BCUT2D eigenvalue weighted by Crippen LogP contribution is 2.25. The van der Waals surface area contributed by atoms with E-state index in [1.807, 2.05) is 11.0 Å². The van der Waals surface area contributed by atoms with Crippen LogP contribution in [0.2, 0.25) is 5.02 Å². The molecule has 1 amide bonds. The summed E-state index contributed by atoms with van der Waals surface area (Å²) >= 11 is 5.68. The molecule has 1 aromatic carbocycles. The van der Waals surface area contributed by atoms with E-state index < -0.39 is 5.82 Å². The number of nitrogens with zero attached hydrogens (tertiary/aromatic N) is 1. The second-order valence-corrected chi connectivity index (χ2v) is 5.71. The van der Waals surface area contributed by atoms with E-state index in [1.165, 1.54) is 12.1 Å². The molecule has 2 aromatic rings. The highest BCUT2D eigenvalue weighted by molar-refractivity contribution is 6.30. The van der Waals surface area contributed by atoms with E-state index in [2.05, 4.69) is 4.98 Å². The topological polar surface area (TPSA) is 36.1 Å². The first-order valence-corrected chi connectivity index (χ1v) is 7.42. The molecule has 1 fully saturated rings. The number of hydrogen-bond acceptors (Lipinski definition) is 1. The van der Waals surface area contributed by atoms with Crippen molar-refractivity contribution < 1.29 is 9.18 Å². The van der Waals surface area contributed by atoms with Crippen molar-refractivity contribution in [2.24, 2.45) is 0 Å². The third kappa shape index (κ3) is 3.10. The minimum absolute atomic E-state index is 0.110. The Balaban J connectivity index is 1.73. The van der Waals surface area contributed by atoms with E-state index >= 15 is 0 Å². The second-order valence-electron chi connectivity index (χ2n) is 5.31. The average Bonchev–Trinajstić information content (AvgIpc) is 3.12. The van der Waals surface area contributed by atoms with Gasteiger partial charge in [0.25, 0.3) is 0 Å². The van der Waals surface area contributed by atoms with Gasteiger partial charge < -0.3 is 9.88 Å². The van der Waals surface area contributed by atoms with Gasteiger partial charge in [-0.15, -0.1) is 0 Å². The number of carbonyl (C=O) groups excluding carboxylic acids is 1. The van der Waals surface area contributed by atoms with Crippen molar-refractivity contribution in [3.63, 3.8) is 0 Å². The molecule has 2 heterocycles. The zero-order valence-corrected chi connectivity index (χ0v) is 12.3. The minimum Gasteiger partial charge on any atom is -0.364 e. The van der Waals surface area contributed by atoms with Gasteiger partial charge in [0.15, 0.2) is 0 Å². The predicted molar refractivity (Wildman–Crippen MR) is 80.7 cm³/mol. The molecule has 5 heteroatoms. The molecule has 1 saturated heterocycles. The van der Waals surface area contributed by atoms with Crippen molar-refractivity contribution in [3.8, 4) is 11.1 Å². The van der Waals surface area contributed by atoms with Crippen molar-refractivity contribution in [2.45, 2.75) is 19.3 Å². The van der Waals surface area contributed by atoms with Crippen LogP contribution in [0.3, 0.4) is 0 Å². The highest BCUT2D eigenvalue weighted by atomic mass is 35.5. The number of carbonyl (C=O) groups is 1. The third-order valence-corrected chi connectivity index (χ3v) is 4.10. The summed E-state index contributed by atoms with van der Waals surface area (Å²) in [4.78, 5) is 17.1. The lowest BCUT2D eigenvalue weighted by Gasteiger charge is -2.14. The van der Waals surface area contributed by atoms with Gasteiger partial charge in [-0.3, -0.25) is 4.79 Å². The fourth-order valence-corrected chi connectivity index (χ4v) is 2.74. The zero-order chi connectivity index (χ0) is 14.8. The van der Waals surface area contributed by atoms with Crippen LogP contribution in [-0.2, 0) is 11.2 Å². The SMILES string of the molecule is O=C(Cc1cc(-c2ccc(Cl)c(F)c2)c[nH]1)N1CCCC1. The zero-order valence-electron chi connectivity index (χ0n) is 11.5. The Kier molecular flexibility index (Phi) is 3.97. The van der Waals surface area contributed by atoms with Crippen LogP contribution in [0.4, 0.5) is 4.39 Å². The van der Waals surface area contributed by atoms with E-state index in [-0.39, 0.29) is 10.9 Å². The molecule has 0 unspecified atom stereocenters. The lowest BCUT2D eigenvalue weighted by atomic mass is 10.1. The number of aromatic amines is 1. The molecule has 0 spiro atoms. The van der Waals surface area contributed by atoms with E-state index in [0.29, 0.717) is 6.42 Å². The molecule has 1 N–H and O–H groups in total. The number of aromatic nitrogens is 1. The van der Waals surface area contributed by atoms with E-state index in [1.54, 1.807) is 12.3 Å². The van der Waals surface area contributed by atoms with Crippen LogP contribution in [0.5, 0.6) is 0 Å². The van der Waals surface area contributed by atoms with Crippen LogP contribution < -0.4 is 0 Å². The maximum absolute atomic E-state index is 13.5. The smallest absolute Gasteiger partial charge is 0.228 e. The lowest BCUT2D eigenvalue weighted by molar-refractivity contribution is -0.129. The summed E-state index contributed by atoms with van der Waals surface area (Å²) in [5, 5.41) is 0.110. The van der Waals surface area contributed by atoms with Crippen LogP contribution in [0.25, 0.3) is 11.1 Å². The van der Waals surface area contributed by atoms with Gasteiger partial charge in [-0.25, -0.2) is 4.39 Å². The van der Waals surface area contributed by atoms with E-state index in [4.69, 9.17) is 11.6 Å². The van der Waals surface area contributed by atoms with Gasteiger partial charge in [-0.2, -0.15) is 0 Å². The average molecular weight is 307 g/mol. The van der Waals surface area contributed by atoms with Crippen molar-refractivity contribution in [1.82, 2.24) is 9.88 Å². The molecule has 0 aliphatic carbocycles. The molecule has 0 bridgehead atoms. The van der Waals surface area contributed by atoms with Gasteiger partial charge in [-0.1, -0.05) is 17.7 Å². The van der Waals surface area contributed by atoms with Crippen LogP contribution in [0.15, 0.2) is 30.5 Å². The minimum atomic E-state index is -0.440. The number of H-pyrrole nitrogens is 1. The first-order chi connectivity index (χ1) is 10.1. The van der Waals surface area contributed by atoms with Gasteiger partial charge in [0, 0.05) is 25.0 Å². The maximum Gasteiger partial charge on any atom is 0.228 e. The summed E-state index contributed by atoms with van der Waals surface area (Å²) in [5.74, 6) is -0.298. The molecule has 1 aliphatic heterocycles. The molecule has 0 atom stereocenters. The first kappa shape index (κ1) is 14.1. The summed E-state index contributed by atoms with van der Waals surface area (Å²) in [6, 6.07) is 6.59.